The van der Waals surface area contributed by atoms with E-state index in [2.05, 4.69) is 27.9 Å². The average molecular weight is 505 g/mol. The maximum absolute atomic E-state index is 13.8. The number of rotatable bonds is 5. The summed E-state index contributed by atoms with van der Waals surface area (Å²) in [7, 11) is 1.18. The molecule has 2 heterocycles. The number of hydrogen-bond donors (Lipinski definition) is 4. The Kier molecular flexibility index (Phi) is 6.56. The number of H-pyrrole nitrogens is 1. The third-order valence-corrected chi connectivity index (χ3v) is 5.39. The van der Waals surface area contributed by atoms with E-state index in [1.165, 1.54) is 12.4 Å². The predicted molar refractivity (Wildman–Crippen MR) is 112 cm³/mol. The topological polar surface area (TPSA) is 121 Å². The molecule has 3 N–H and O–H groups in total. The Morgan fingerprint density at radius 2 is 1.88 bits per heavy atom. The molecule has 1 amide bonds. The predicted octanol–water partition coefficient (Wildman–Crippen LogP) is 3.18. The smallest absolute Gasteiger partial charge is 0.304 e. The summed E-state index contributed by atoms with van der Waals surface area (Å²) in [6.07, 6.45) is -5.81. The quantitative estimate of drug-likeness (QED) is 0.184. The molecule has 0 aliphatic rings. The second kappa shape index (κ2) is 8.90. The van der Waals surface area contributed by atoms with Crippen molar-refractivity contribution in [3.05, 3.63) is 61.1 Å². The van der Waals surface area contributed by atoms with Crippen molar-refractivity contribution in [2.75, 3.05) is 5.32 Å². The van der Waals surface area contributed by atoms with Crippen LogP contribution in [0.2, 0.25) is 0 Å². The van der Waals surface area contributed by atoms with Crippen molar-refractivity contribution < 1.29 is 26.7 Å². The molecule has 3 rings (SSSR count). The van der Waals surface area contributed by atoms with Crippen molar-refractivity contribution >= 4 is 40.7 Å². The molecule has 174 valence electrons. The van der Waals surface area contributed by atoms with Crippen LogP contribution in [-0.2, 0) is 18.0 Å². The Morgan fingerprint density at radius 3 is 2.45 bits per heavy atom. The SMILES string of the molecule is Cn1c(=O)[nH]c(S)c(C(=N)CC(=O)Nc2nc(-c3cc(F)c(C(F)(F)F)c(F)c3)cs2)c1=O. The fraction of sp³-hybridized carbons (Fsp3) is 0.167. The van der Waals surface area contributed by atoms with Crippen molar-refractivity contribution in [1.29, 1.82) is 5.41 Å². The van der Waals surface area contributed by atoms with Crippen molar-refractivity contribution in [3.8, 4) is 11.3 Å². The monoisotopic (exact) mass is 505 g/mol. The van der Waals surface area contributed by atoms with E-state index in [4.69, 9.17) is 5.41 Å². The first-order valence-corrected chi connectivity index (χ1v) is 10.0. The summed E-state index contributed by atoms with van der Waals surface area (Å²) in [4.78, 5) is 42.1. The van der Waals surface area contributed by atoms with Crippen molar-refractivity contribution in [1.82, 2.24) is 14.5 Å². The van der Waals surface area contributed by atoms with E-state index in [0.717, 1.165) is 11.3 Å². The minimum atomic E-state index is -5.21. The molecule has 2 aromatic heterocycles. The van der Waals surface area contributed by atoms with Crippen molar-refractivity contribution in [2.45, 2.75) is 17.6 Å². The maximum atomic E-state index is 13.8. The lowest BCUT2D eigenvalue weighted by atomic mass is 10.1. The summed E-state index contributed by atoms with van der Waals surface area (Å²) in [6, 6.07) is 0.949. The summed E-state index contributed by atoms with van der Waals surface area (Å²) in [5.41, 5.74) is -4.71. The summed E-state index contributed by atoms with van der Waals surface area (Å²) >= 11 is 4.77. The van der Waals surface area contributed by atoms with E-state index in [9.17, 15) is 36.3 Å². The zero-order valence-corrected chi connectivity index (χ0v) is 18.0. The molecule has 0 bridgehead atoms. The number of amides is 1. The van der Waals surface area contributed by atoms with Crippen LogP contribution in [0, 0.1) is 17.0 Å². The molecule has 0 unspecified atom stereocenters. The van der Waals surface area contributed by atoms with Crippen LogP contribution in [0.4, 0.5) is 27.1 Å². The highest BCUT2D eigenvalue weighted by Gasteiger charge is 2.38. The first-order valence-electron chi connectivity index (χ1n) is 8.71. The Hall–Kier alpha value is -3.33. The van der Waals surface area contributed by atoms with Crippen LogP contribution < -0.4 is 16.6 Å². The number of alkyl halides is 3. The maximum Gasteiger partial charge on any atom is 0.422 e. The first kappa shape index (κ1) is 24.3. The van der Waals surface area contributed by atoms with Gasteiger partial charge in [-0.1, -0.05) is 0 Å². The molecular weight excluding hydrogens is 493 g/mol. The molecule has 0 radical (unpaired) electrons. The number of benzene rings is 1. The van der Waals surface area contributed by atoms with Gasteiger partial charge >= 0.3 is 11.9 Å². The number of anilines is 1. The largest absolute Gasteiger partial charge is 0.422 e. The van der Waals surface area contributed by atoms with Gasteiger partial charge in [0.25, 0.3) is 5.56 Å². The summed E-state index contributed by atoms with van der Waals surface area (Å²) in [5, 5.41) is 11.3. The Morgan fingerprint density at radius 1 is 1.27 bits per heavy atom. The lowest BCUT2D eigenvalue weighted by Crippen LogP contribution is -2.37. The number of thiazole rings is 1. The number of carbonyl (C=O) groups is 1. The molecule has 0 aliphatic heterocycles. The number of aromatic amines is 1. The van der Waals surface area contributed by atoms with Crippen molar-refractivity contribution in [2.24, 2.45) is 7.05 Å². The molecule has 8 nitrogen and oxygen atoms in total. The summed E-state index contributed by atoms with van der Waals surface area (Å²) in [5.74, 6) is -4.41. The third kappa shape index (κ3) is 5.03. The standard InChI is InChI=1S/C18H12F5N5O3S2/c1-28-15(30)12(14(32)27-17(28)31)9(24)4-11(29)26-16-25-10(5-33-16)6-2-7(19)13(8(20)3-6)18(21,22)23/h2-3,5,24,32H,4H2,1H3,(H,27,31)(H,25,26,29). The number of nitrogens with zero attached hydrogens (tertiary/aromatic N) is 2. The number of thiol groups is 1. The molecule has 0 aliphatic carbocycles. The number of aromatic nitrogens is 3. The van der Waals surface area contributed by atoms with Crippen LogP contribution in [-0.4, -0.2) is 26.2 Å². The zero-order chi connectivity index (χ0) is 24.7. The molecule has 0 saturated carbocycles. The second-order valence-corrected chi connectivity index (χ2v) is 7.88. The van der Waals surface area contributed by atoms with E-state index in [-0.39, 0.29) is 27.0 Å². The molecule has 0 spiro atoms. The van der Waals surface area contributed by atoms with E-state index in [0.29, 0.717) is 16.7 Å². The van der Waals surface area contributed by atoms with Crippen molar-refractivity contribution in [3.63, 3.8) is 0 Å². The van der Waals surface area contributed by atoms with Gasteiger partial charge in [-0.25, -0.2) is 18.6 Å². The van der Waals surface area contributed by atoms with Crippen LogP contribution in [0.5, 0.6) is 0 Å². The third-order valence-electron chi connectivity index (χ3n) is 4.30. The molecule has 15 heteroatoms. The molecular formula is C18H12F5N5O3S2. The highest BCUT2D eigenvalue weighted by atomic mass is 32.1. The van der Waals surface area contributed by atoms with Gasteiger partial charge < -0.3 is 15.7 Å². The van der Waals surface area contributed by atoms with Crippen LogP contribution in [0.3, 0.4) is 0 Å². The Labute approximate surface area is 190 Å². The lowest BCUT2D eigenvalue weighted by Gasteiger charge is -2.10. The summed E-state index contributed by atoms with van der Waals surface area (Å²) < 4.78 is 66.4. The van der Waals surface area contributed by atoms with Gasteiger partial charge in [0.1, 0.15) is 17.2 Å². The second-order valence-electron chi connectivity index (χ2n) is 6.57. The van der Waals surface area contributed by atoms with Gasteiger partial charge in [-0.15, -0.1) is 24.0 Å². The van der Waals surface area contributed by atoms with E-state index in [1.54, 1.807) is 0 Å². The van der Waals surface area contributed by atoms with Gasteiger partial charge in [0.2, 0.25) is 5.91 Å². The van der Waals surface area contributed by atoms with Gasteiger partial charge in [0.05, 0.1) is 28.4 Å². The average Bonchev–Trinajstić information content (AvgIpc) is 3.12. The molecule has 3 aromatic rings. The zero-order valence-electron chi connectivity index (χ0n) is 16.3. The lowest BCUT2D eigenvalue weighted by molar-refractivity contribution is -0.142. The Balaban J connectivity index is 1.77. The highest BCUT2D eigenvalue weighted by Crippen LogP contribution is 2.36. The van der Waals surface area contributed by atoms with Crippen LogP contribution in [0.15, 0.2) is 32.1 Å². The van der Waals surface area contributed by atoms with E-state index in [1.807, 2.05) is 0 Å². The normalized spacial score (nSPS) is 11.5. The molecule has 33 heavy (non-hydrogen) atoms. The Bertz CT molecular complexity index is 1370. The number of carbonyl (C=O) groups excluding carboxylic acids is 1. The fourth-order valence-electron chi connectivity index (χ4n) is 2.75. The number of halogens is 5. The van der Waals surface area contributed by atoms with Gasteiger partial charge in [-0.3, -0.25) is 14.2 Å². The summed E-state index contributed by atoms with van der Waals surface area (Å²) in [6.45, 7) is 0. The minimum Gasteiger partial charge on any atom is -0.304 e. The van der Waals surface area contributed by atoms with E-state index < -0.39 is 52.7 Å². The van der Waals surface area contributed by atoms with Crippen LogP contribution in [0.25, 0.3) is 11.3 Å². The highest BCUT2D eigenvalue weighted by molar-refractivity contribution is 7.80. The van der Waals surface area contributed by atoms with Gasteiger partial charge in [0.15, 0.2) is 5.13 Å². The van der Waals surface area contributed by atoms with Gasteiger partial charge in [0, 0.05) is 18.0 Å². The van der Waals surface area contributed by atoms with E-state index >= 15 is 0 Å². The minimum absolute atomic E-state index is 0.0658. The first-order chi connectivity index (χ1) is 15.3. The molecule has 1 aromatic carbocycles. The molecule has 0 saturated heterocycles. The number of hydrogen-bond acceptors (Lipinski definition) is 7. The van der Waals surface area contributed by atoms with Gasteiger partial charge in [-0.2, -0.15) is 13.2 Å². The van der Waals surface area contributed by atoms with Gasteiger partial charge in [-0.05, 0) is 12.1 Å². The fourth-order valence-corrected chi connectivity index (χ4v) is 3.81. The molecule has 0 atom stereocenters. The molecule has 0 fully saturated rings. The van der Waals surface area contributed by atoms with Crippen LogP contribution >= 0.6 is 24.0 Å². The van der Waals surface area contributed by atoms with Crippen LogP contribution in [0.1, 0.15) is 17.5 Å². The number of nitrogens with one attached hydrogen (secondary N) is 3.